The molecule has 0 atom stereocenters. The van der Waals surface area contributed by atoms with Crippen molar-refractivity contribution in [3.05, 3.63) is 36.9 Å². The first-order valence-corrected chi connectivity index (χ1v) is 11.3. The molecule has 0 aliphatic carbocycles. The molecule has 32 heavy (non-hydrogen) atoms. The number of furan rings is 1. The fourth-order valence-corrected chi connectivity index (χ4v) is 4.27. The van der Waals surface area contributed by atoms with Crippen LogP contribution >= 0.6 is 0 Å². The minimum Gasteiger partial charge on any atom is -0.463 e. The maximum absolute atomic E-state index is 5.73. The number of anilines is 2. The minimum absolute atomic E-state index is 0.712. The van der Waals surface area contributed by atoms with E-state index in [1.807, 2.05) is 30.6 Å². The monoisotopic (exact) mass is 435 g/mol. The third kappa shape index (κ3) is 4.44. The van der Waals surface area contributed by atoms with Crippen molar-refractivity contribution < 1.29 is 9.15 Å². The first kappa shape index (κ1) is 20.8. The van der Waals surface area contributed by atoms with Crippen LogP contribution in [0.5, 0.6) is 0 Å². The highest BCUT2D eigenvalue weighted by molar-refractivity contribution is 5.77. The van der Waals surface area contributed by atoms with Gasteiger partial charge in [0.25, 0.3) is 0 Å². The van der Waals surface area contributed by atoms with Crippen LogP contribution in [0.25, 0.3) is 22.7 Å². The molecule has 5 rings (SSSR count). The van der Waals surface area contributed by atoms with E-state index in [0.717, 1.165) is 81.3 Å². The van der Waals surface area contributed by atoms with Crippen molar-refractivity contribution >= 4 is 11.9 Å². The average molecular weight is 436 g/mol. The fraction of sp³-hybridized carbons (Fsp3) is 0.478. The molecule has 9 heteroatoms. The summed E-state index contributed by atoms with van der Waals surface area (Å²) >= 11 is 0. The van der Waals surface area contributed by atoms with Crippen LogP contribution in [0.4, 0.5) is 11.9 Å². The summed E-state index contributed by atoms with van der Waals surface area (Å²) in [5.41, 5.74) is 2.42. The molecular formula is C23H29N7O2. The van der Waals surface area contributed by atoms with E-state index >= 15 is 0 Å². The zero-order chi connectivity index (χ0) is 21.8. The van der Waals surface area contributed by atoms with Gasteiger partial charge in [0, 0.05) is 70.9 Å². The van der Waals surface area contributed by atoms with Gasteiger partial charge in [-0.1, -0.05) is 0 Å². The van der Waals surface area contributed by atoms with Crippen LogP contribution in [-0.2, 0) is 4.74 Å². The maximum atomic E-state index is 5.73. The standard InChI is InChI=1S/C23H29N7O2/c1-31-16-14-28-10-12-30(13-11-28)23-25-17-18(21(27-23)20-5-4-15-32-20)19-6-7-24-22(26-19)29-8-2-3-9-29/h4-7,15,17H,2-3,8-14,16H2,1H3. The lowest BCUT2D eigenvalue weighted by Gasteiger charge is -2.34. The number of piperazine rings is 1. The van der Waals surface area contributed by atoms with Gasteiger partial charge in [0.1, 0.15) is 5.69 Å². The van der Waals surface area contributed by atoms with Crippen LogP contribution in [0.3, 0.4) is 0 Å². The Bertz CT molecular complexity index is 1010. The Morgan fingerprint density at radius 2 is 1.72 bits per heavy atom. The summed E-state index contributed by atoms with van der Waals surface area (Å²) in [6, 6.07) is 5.73. The molecular weight excluding hydrogens is 406 g/mol. The van der Waals surface area contributed by atoms with Crippen LogP contribution in [0.2, 0.25) is 0 Å². The lowest BCUT2D eigenvalue weighted by atomic mass is 10.1. The summed E-state index contributed by atoms with van der Waals surface area (Å²) in [6.07, 6.45) is 7.72. The molecule has 9 nitrogen and oxygen atoms in total. The number of hydrogen-bond donors (Lipinski definition) is 0. The lowest BCUT2D eigenvalue weighted by Crippen LogP contribution is -2.47. The Kier molecular flexibility index (Phi) is 6.27. The predicted molar refractivity (Wildman–Crippen MR) is 123 cm³/mol. The van der Waals surface area contributed by atoms with Gasteiger partial charge in [-0.25, -0.2) is 19.9 Å². The molecule has 0 radical (unpaired) electrons. The second-order valence-electron chi connectivity index (χ2n) is 8.17. The highest BCUT2D eigenvalue weighted by Crippen LogP contribution is 2.31. The Morgan fingerprint density at radius 3 is 2.47 bits per heavy atom. The van der Waals surface area contributed by atoms with Crippen molar-refractivity contribution in [2.24, 2.45) is 0 Å². The van der Waals surface area contributed by atoms with Gasteiger partial charge in [-0.15, -0.1) is 0 Å². The summed E-state index contributed by atoms with van der Waals surface area (Å²) in [5, 5.41) is 0. The van der Waals surface area contributed by atoms with E-state index in [0.29, 0.717) is 5.76 Å². The molecule has 2 saturated heterocycles. The number of hydrogen-bond acceptors (Lipinski definition) is 9. The van der Waals surface area contributed by atoms with E-state index in [1.54, 1.807) is 13.4 Å². The van der Waals surface area contributed by atoms with Crippen molar-refractivity contribution in [2.75, 3.05) is 69.3 Å². The van der Waals surface area contributed by atoms with Gasteiger partial charge in [-0.05, 0) is 31.0 Å². The minimum atomic E-state index is 0.712. The van der Waals surface area contributed by atoms with Crippen LogP contribution in [0.15, 0.2) is 41.3 Å². The first-order chi connectivity index (χ1) is 15.8. The van der Waals surface area contributed by atoms with E-state index in [-0.39, 0.29) is 0 Å². The molecule has 0 N–H and O–H groups in total. The quantitative estimate of drug-likeness (QED) is 0.556. The Balaban J connectivity index is 1.43. The summed E-state index contributed by atoms with van der Waals surface area (Å²) in [6.45, 7) is 7.41. The molecule has 5 heterocycles. The molecule has 2 aliphatic rings. The van der Waals surface area contributed by atoms with Gasteiger partial charge >= 0.3 is 0 Å². The van der Waals surface area contributed by atoms with Gasteiger partial charge in [0.15, 0.2) is 5.76 Å². The lowest BCUT2D eigenvalue weighted by molar-refractivity contribution is 0.143. The van der Waals surface area contributed by atoms with Gasteiger partial charge in [-0.2, -0.15) is 0 Å². The van der Waals surface area contributed by atoms with Crippen LogP contribution in [-0.4, -0.2) is 84.4 Å². The van der Waals surface area contributed by atoms with Gasteiger partial charge < -0.3 is 19.0 Å². The Labute approximate surface area is 188 Å². The van der Waals surface area contributed by atoms with Crippen LogP contribution in [0, 0.1) is 0 Å². The summed E-state index contributed by atoms with van der Waals surface area (Å²) in [7, 11) is 1.74. The summed E-state index contributed by atoms with van der Waals surface area (Å²) in [4.78, 5) is 25.8. The van der Waals surface area contributed by atoms with Crippen molar-refractivity contribution in [3.8, 4) is 22.7 Å². The third-order valence-electron chi connectivity index (χ3n) is 6.11. The topological polar surface area (TPSA) is 83.7 Å². The van der Waals surface area contributed by atoms with E-state index in [2.05, 4.69) is 19.7 Å². The molecule has 0 unspecified atom stereocenters. The number of aromatic nitrogens is 4. The number of nitrogens with zero attached hydrogens (tertiary/aromatic N) is 7. The Morgan fingerprint density at radius 1 is 0.938 bits per heavy atom. The molecule has 0 spiro atoms. The molecule has 3 aromatic rings. The highest BCUT2D eigenvalue weighted by atomic mass is 16.5. The van der Waals surface area contributed by atoms with Gasteiger partial charge in [-0.3, -0.25) is 4.90 Å². The first-order valence-electron chi connectivity index (χ1n) is 11.3. The van der Waals surface area contributed by atoms with Crippen LogP contribution < -0.4 is 9.80 Å². The molecule has 2 fully saturated rings. The second-order valence-corrected chi connectivity index (χ2v) is 8.17. The average Bonchev–Trinajstić information content (AvgIpc) is 3.58. The third-order valence-corrected chi connectivity index (χ3v) is 6.11. The fourth-order valence-electron chi connectivity index (χ4n) is 4.27. The zero-order valence-electron chi connectivity index (χ0n) is 18.5. The largest absolute Gasteiger partial charge is 0.463 e. The van der Waals surface area contributed by atoms with Crippen LogP contribution in [0.1, 0.15) is 12.8 Å². The molecule has 0 amide bonds. The van der Waals surface area contributed by atoms with Gasteiger partial charge in [0.2, 0.25) is 11.9 Å². The SMILES string of the molecule is COCCN1CCN(c2ncc(-c3ccnc(N4CCCC4)n3)c(-c3ccco3)n2)CC1. The highest BCUT2D eigenvalue weighted by Gasteiger charge is 2.22. The summed E-state index contributed by atoms with van der Waals surface area (Å²) < 4.78 is 10.9. The molecule has 2 aliphatic heterocycles. The zero-order valence-corrected chi connectivity index (χ0v) is 18.5. The number of ether oxygens (including phenoxy) is 1. The van der Waals surface area contributed by atoms with Gasteiger partial charge in [0.05, 0.1) is 18.6 Å². The molecule has 0 saturated carbocycles. The van der Waals surface area contributed by atoms with E-state index in [4.69, 9.17) is 24.1 Å². The second kappa shape index (κ2) is 9.62. The normalized spacial score (nSPS) is 17.3. The van der Waals surface area contributed by atoms with E-state index in [1.165, 1.54) is 12.8 Å². The summed E-state index contributed by atoms with van der Waals surface area (Å²) in [5.74, 6) is 2.20. The molecule has 3 aromatic heterocycles. The van der Waals surface area contributed by atoms with E-state index < -0.39 is 0 Å². The van der Waals surface area contributed by atoms with Crippen molar-refractivity contribution in [1.82, 2.24) is 24.8 Å². The molecule has 0 bridgehead atoms. The molecule has 168 valence electrons. The van der Waals surface area contributed by atoms with Crippen molar-refractivity contribution in [2.45, 2.75) is 12.8 Å². The maximum Gasteiger partial charge on any atom is 0.226 e. The smallest absolute Gasteiger partial charge is 0.226 e. The Hall–Kier alpha value is -3.04. The number of methoxy groups -OCH3 is 1. The predicted octanol–water partition coefficient (Wildman–Crippen LogP) is 2.56. The van der Waals surface area contributed by atoms with Crippen molar-refractivity contribution in [3.63, 3.8) is 0 Å². The molecule has 0 aromatic carbocycles. The van der Waals surface area contributed by atoms with Crippen molar-refractivity contribution in [1.29, 1.82) is 0 Å². The number of rotatable bonds is 7. The van der Waals surface area contributed by atoms with E-state index in [9.17, 15) is 0 Å².